The molecule has 1 aromatic rings. The van der Waals surface area contributed by atoms with Gasteiger partial charge in [0.25, 0.3) is 5.91 Å². The number of aromatic nitrogens is 2. The summed E-state index contributed by atoms with van der Waals surface area (Å²) in [6.07, 6.45) is 5.81. The van der Waals surface area contributed by atoms with Crippen molar-refractivity contribution >= 4 is 11.6 Å². The number of nitrogens with one attached hydrogen (secondary N) is 1. The highest BCUT2D eigenvalue weighted by Crippen LogP contribution is 2.42. The molecule has 6 nitrogen and oxygen atoms in total. The molecule has 2 saturated heterocycles. The van der Waals surface area contributed by atoms with Crippen LogP contribution in [0.2, 0.25) is 0 Å². The lowest BCUT2D eigenvalue weighted by atomic mass is 10.1. The SMILES string of the molecule is CN1C2CCC1CN(C(=O)c1n[nH]c(C3CC3)c1N)CC2. The third-order valence-corrected chi connectivity index (χ3v) is 5.46. The van der Waals surface area contributed by atoms with Crippen LogP contribution in [-0.4, -0.2) is 58.1 Å². The molecule has 21 heavy (non-hydrogen) atoms. The van der Waals surface area contributed by atoms with Crippen molar-refractivity contribution in [3.8, 4) is 0 Å². The van der Waals surface area contributed by atoms with Gasteiger partial charge in [-0.1, -0.05) is 0 Å². The second-order valence-electron chi connectivity index (χ2n) is 6.76. The summed E-state index contributed by atoms with van der Waals surface area (Å²) in [7, 11) is 2.18. The number of anilines is 1. The average Bonchev–Trinajstić information content (AvgIpc) is 3.15. The number of H-pyrrole nitrogens is 1. The molecule has 3 aliphatic rings. The molecule has 2 bridgehead atoms. The molecule has 0 aromatic carbocycles. The van der Waals surface area contributed by atoms with Gasteiger partial charge in [-0.25, -0.2) is 0 Å². The molecular weight excluding hydrogens is 266 g/mol. The van der Waals surface area contributed by atoms with Gasteiger partial charge >= 0.3 is 0 Å². The third-order valence-electron chi connectivity index (χ3n) is 5.46. The number of amides is 1. The van der Waals surface area contributed by atoms with E-state index in [1.165, 1.54) is 12.8 Å². The first-order chi connectivity index (χ1) is 10.1. The van der Waals surface area contributed by atoms with E-state index < -0.39 is 0 Å². The Balaban J connectivity index is 1.54. The molecule has 2 aliphatic heterocycles. The Morgan fingerprint density at radius 2 is 2.00 bits per heavy atom. The minimum atomic E-state index is -0.00315. The molecule has 4 rings (SSSR count). The fourth-order valence-electron chi connectivity index (χ4n) is 3.85. The quantitative estimate of drug-likeness (QED) is 0.857. The van der Waals surface area contributed by atoms with Gasteiger partial charge in [-0.3, -0.25) is 14.8 Å². The van der Waals surface area contributed by atoms with Crippen molar-refractivity contribution in [3.05, 3.63) is 11.4 Å². The van der Waals surface area contributed by atoms with Crippen molar-refractivity contribution in [1.82, 2.24) is 20.0 Å². The Bertz CT molecular complexity index is 564. The first-order valence-corrected chi connectivity index (χ1v) is 8.00. The number of nitrogens with two attached hydrogens (primary N) is 1. The van der Waals surface area contributed by atoms with Crippen molar-refractivity contribution < 1.29 is 4.79 Å². The molecule has 1 saturated carbocycles. The van der Waals surface area contributed by atoms with Gasteiger partial charge < -0.3 is 10.6 Å². The number of hydrogen-bond donors (Lipinski definition) is 2. The molecule has 0 spiro atoms. The summed E-state index contributed by atoms with van der Waals surface area (Å²) in [6, 6.07) is 1.12. The zero-order chi connectivity index (χ0) is 14.6. The number of hydrogen-bond acceptors (Lipinski definition) is 4. The fourth-order valence-corrected chi connectivity index (χ4v) is 3.85. The van der Waals surface area contributed by atoms with Crippen LogP contribution in [0.25, 0.3) is 0 Å². The number of carbonyl (C=O) groups is 1. The Morgan fingerprint density at radius 1 is 1.24 bits per heavy atom. The standard InChI is InChI=1S/C15H23N5O/c1-19-10-4-5-11(19)8-20(7-6-10)15(21)14-12(16)13(17-18-14)9-2-3-9/h9-11H,2-8,16H2,1H3,(H,17,18). The lowest BCUT2D eigenvalue weighted by Crippen LogP contribution is -2.40. The smallest absolute Gasteiger partial charge is 0.276 e. The summed E-state index contributed by atoms with van der Waals surface area (Å²) in [5.74, 6) is 0.488. The van der Waals surface area contributed by atoms with E-state index >= 15 is 0 Å². The van der Waals surface area contributed by atoms with Gasteiger partial charge in [0.05, 0.1) is 11.4 Å². The maximum absolute atomic E-state index is 12.8. The summed E-state index contributed by atoms with van der Waals surface area (Å²) in [6.45, 7) is 1.62. The minimum Gasteiger partial charge on any atom is -0.395 e. The van der Waals surface area contributed by atoms with Crippen molar-refractivity contribution in [3.63, 3.8) is 0 Å². The van der Waals surface area contributed by atoms with Crippen molar-refractivity contribution in [2.45, 2.75) is 50.1 Å². The molecule has 3 N–H and O–H groups in total. The fraction of sp³-hybridized carbons (Fsp3) is 0.733. The van der Waals surface area contributed by atoms with Crippen LogP contribution in [0.15, 0.2) is 0 Å². The van der Waals surface area contributed by atoms with E-state index in [0.29, 0.717) is 29.4 Å². The number of likely N-dealkylation sites (tertiary alicyclic amines) is 1. The van der Waals surface area contributed by atoms with Gasteiger partial charge in [-0.05, 0) is 39.2 Å². The van der Waals surface area contributed by atoms with Crippen molar-refractivity contribution in [2.75, 3.05) is 25.9 Å². The molecular formula is C15H23N5O. The highest BCUT2D eigenvalue weighted by molar-refractivity contribution is 5.97. The van der Waals surface area contributed by atoms with E-state index in [2.05, 4.69) is 22.1 Å². The summed E-state index contributed by atoms with van der Waals surface area (Å²) < 4.78 is 0. The number of carbonyl (C=O) groups excluding carboxylic acids is 1. The topological polar surface area (TPSA) is 78.2 Å². The molecule has 3 fully saturated rings. The molecule has 2 unspecified atom stereocenters. The van der Waals surface area contributed by atoms with Crippen LogP contribution in [0, 0.1) is 0 Å². The lowest BCUT2D eigenvalue weighted by Gasteiger charge is -2.25. The van der Waals surface area contributed by atoms with E-state index in [9.17, 15) is 4.79 Å². The van der Waals surface area contributed by atoms with Gasteiger partial charge in [0, 0.05) is 31.1 Å². The van der Waals surface area contributed by atoms with Crippen LogP contribution in [0.3, 0.4) is 0 Å². The van der Waals surface area contributed by atoms with E-state index in [-0.39, 0.29) is 5.91 Å². The first kappa shape index (κ1) is 13.1. The second kappa shape index (κ2) is 4.73. The Kier molecular flexibility index (Phi) is 2.96. The van der Waals surface area contributed by atoms with Crippen LogP contribution >= 0.6 is 0 Å². The molecule has 2 atom stereocenters. The Labute approximate surface area is 124 Å². The number of nitrogens with zero attached hydrogens (tertiary/aromatic N) is 3. The molecule has 3 heterocycles. The van der Waals surface area contributed by atoms with Crippen molar-refractivity contribution in [2.24, 2.45) is 0 Å². The minimum absolute atomic E-state index is 0.00315. The van der Waals surface area contributed by atoms with Gasteiger partial charge in [-0.15, -0.1) is 0 Å². The lowest BCUT2D eigenvalue weighted by molar-refractivity contribution is 0.0735. The summed E-state index contributed by atoms with van der Waals surface area (Å²) in [5.41, 5.74) is 8.11. The zero-order valence-corrected chi connectivity index (χ0v) is 12.5. The monoisotopic (exact) mass is 289 g/mol. The molecule has 1 aromatic heterocycles. The van der Waals surface area contributed by atoms with Crippen LogP contribution in [0.4, 0.5) is 5.69 Å². The maximum atomic E-state index is 12.8. The van der Waals surface area contributed by atoms with Crippen LogP contribution in [-0.2, 0) is 0 Å². The normalized spacial score (nSPS) is 29.7. The van der Waals surface area contributed by atoms with E-state index in [4.69, 9.17) is 5.73 Å². The molecule has 1 amide bonds. The van der Waals surface area contributed by atoms with E-state index in [0.717, 1.165) is 38.0 Å². The molecule has 0 radical (unpaired) electrons. The van der Waals surface area contributed by atoms with Gasteiger partial charge in [-0.2, -0.15) is 5.10 Å². The van der Waals surface area contributed by atoms with Crippen LogP contribution in [0.5, 0.6) is 0 Å². The maximum Gasteiger partial charge on any atom is 0.276 e. The largest absolute Gasteiger partial charge is 0.395 e. The average molecular weight is 289 g/mol. The van der Waals surface area contributed by atoms with Crippen LogP contribution < -0.4 is 5.73 Å². The summed E-state index contributed by atoms with van der Waals surface area (Å²) in [5, 5.41) is 7.19. The predicted octanol–water partition coefficient (Wildman–Crippen LogP) is 1.18. The Hall–Kier alpha value is -1.56. The molecule has 1 aliphatic carbocycles. The molecule has 114 valence electrons. The van der Waals surface area contributed by atoms with Gasteiger partial charge in [0.15, 0.2) is 5.69 Å². The Morgan fingerprint density at radius 3 is 2.76 bits per heavy atom. The zero-order valence-electron chi connectivity index (χ0n) is 12.5. The summed E-state index contributed by atoms with van der Waals surface area (Å²) in [4.78, 5) is 17.1. The first-order valence-electron chi connectivity index (χ1n) is 8.00. The van der Waals surface area contributed by atoms with Crippen LogP contribution in [0.1, 0.15) is 54.2 Å². The number of rotatable bonds is 2. The third kappa shape index (κ3) is 2.12. The van der Waals surface area contributed by atoms with Crippen molar-refractivity contribution in [1.29, 1.82) is 0 Å². The second-order valence-corrected chi connectivity index (χ2v) is 6.76. The highest BCUT2D eigenvalue weighted by atomic mass is 16.2. The highest BCUT2D eigenvalue weighted by Gasteiger charge is 2.37. The number of aromatic amines is 1. The van der Waals surface area contributed by atoms with E-state index in [1.807, 2.05) is 4.90 Å². The van der Waals surface area contributed by atoms with E-state index in [1.54, 1.807) is 0 Å². The predicted molar refractivity (Wildman–Crippen MR) is 80.1 cm³/mol. The molecule has 6 heteroatoms. The summed E-state index contributed by atoms with van der Waals surface area (Å²) >= 11 is 0. The van der Waals surface area contributed by atoms with Gasteiger partial charge in [0.1, 0.15) is 0 Å². The number of fused-ring (bicyclic) bond motifs is 2. The number of nitrogen functional groups attached to an aromatic ring is 1. The van der Waals surface area contributed by atoms with Gasteiger partial charge in [0.2, 0.25) is 0 Å². The number of likely N-dealkylation sites (N-methyl/N-ethyl adjacent to an activating group) is 1.